The van der Waals surface area contributed by atoms with Crippen LogP contribution in [0.4, 0.5) is 0 Å². The van der Waals surface area contributed by atoms with Gasteiger partial charge >= 0.3 is 0 Å². The average molecular weight is 368 g/mol. The number of benzene rings is 2. The van der Waals surface area contributed by atoms with Crippen molar-refractivity contribution >= 4 is 11.3 Å². The third-order valence-corrected chi connectivity index (χ3v) is 5.46. The zero-order valence-corrected chi connectivity index (χ0v) is 15.3. The smallest absolute Gasteiger partial charge is 0.148 e. The Morgan fingerprint density at radius 1 is 0.556 bits per heavy atom. The molecule has 0 saturated heterocycles. The molecular formula is C22H16N4S. The maximum absolute atomic E-state index is 4.41. The van der Waals surface area contributed by atoms with Crippen LogP contribution in [0.5, 0.6) is 0 Å². The maximum atomic E-state index is 4.41. The van der Waals surface area contributed by atoms with Gasteiger partial charge in [0.15, 0.2) is 0 Å². The minimum absolute atomic E-state index is 0.925. The predicted molar refractivity (Wildman–Crippen MR) is 109 cm³/mol. The van der Waals surface area contributed by atoms with Crippen molar-refractivity contribution in [1.82, 2.24) is 19.3 Å². The van der Waals surface area contributed by atoms with E-state index >= 15 is 0 Å². The van der Waals surface area contributed by atoms with Crippen molar-refractivity contribution in [3.63, 3.8) is 0 Å². The molecule has 130 valence electrons. The minimum Gasteiger partial charge on any atom is -0.324 e. The van der Waals surface area contributed by atoms with E-state index < -0.39 is 0 Å². The van der Waals surface area contributed by atoms with Crippen LogP contribution in [-0.2, 0) is 0 Å². The van der Waals surface area contributed by atoms with Crippen molar-refractivity contribution in [2.75, 3.05) is 0 Å². The minimum atomic E-state index is 0.925. The number of hydrogen-bond acceptors (Lipinski definition) is 3. The molecule has 0 saturated carbocycles. The summed E-state index contributed by atoms with van der Waals surface area (Å²) in [5.74, 6) is 0. The van der Waals surface area contributed by atoms with Crippen LogP contribution in [0, 0.1) is 0 Å². The SMILES string of the molecule is c1cc(-c2nnc(-c3ccc(-n4cccc4)cc3)s2)cc(-n2cccc2)c1. The summed E-state index contributed by atoms with van der Waals surface area (Å²) in [4.78, 5) is 0. The summed E-state index contributed by atoms with van der Waals surface area (Å²) in [5, 5.41) is 10.7. The van der Waals surface area contributed by atoms with Gasteiger partial charge in [-0.25, -0.2) is 0 Å². The molecular weight excluding hydrogens is 352 g/mol. The quantitative estimate of drug-likeness (QED) is 0.423. The summed E-state index contributed by atoms with van der Waals surface area (Å²) < 4.78 is 4.17. The van der Waals surface area contributed by atoms with Crippen LogP contribution in [0.3, 0.4) is 0 Å². The van der Waals surface area contributed by atoms with Gasteiger partial charge in [0, 0.05) is 47.3 Å². The summed E-state index contributed by atoms with van der Waals surface area (Å²) in [6, 6.07) is 24.8. The first-order valence-corrected chi connectivity index (χ1v) is 9.49. The lowest BCUT2D eigenvalue weighted by Crippen LogP contribution is -1.89. The fourth-order valence-corrected chi connectivity index (χ4v) is 3.89. The largest absolute Gasteiger partial charge is 0.324 e. The summed E-state index contributed by atoms with van der Waals surface area (Å²) >= 11 is 1.61. The molecule has 3 aromatic heterocycles. The summed E-state index contributed by atoms with van der Waals surface area (Å²) in [6.45, 7) is 0. The first kappa shape index (κ1) is 15.8. The van der Waals surface area contributed by atoms with Crippen molar-refractivity contribution in [2.45, 2.75) is 0 Å². The molecule has 5 rings (SSSR count). The molecule has 0 spiro atoms. The van der Waals surface area contributed by atoms with Gasteiger partial charge in [-0.3, -0.25) is 0 Å². The van der Waals surface area contributed by atoms with Gasteiger partial charge in [0.1, 0.15) is 10.0 Å². The number of hydrogen-bond donors (Lipinski definition) is 0. The Balaban J connectivity index is 1.44. The zero-order chi connectivity index (χ0) is 18.1. The Morgan fingerprint density at radius 3 is 1.81 bits per heavy atom. The van der Waals surface area contributed by atoms with Gasteiger partial charge in [-0.15, -0.1) is 10.2 Å². The van der Waals surface area contributed by atoms with E-state index in [0.29, 0.717) is 0 Å². The molecule has 0 N–H and O–H groups in total. The highest BCUT2D eigenvalue weighted by Gasteiger charge is 2.10. The number of aromatic nitrogens is 4. The number of rotatable bonds is 4. The molecule has 0 atom stereocenters. The standard InChI is InChI=1S/C22H16N4S/c1-2-13-25(12-1)19-10-8-17(9-11-19)21-23-24-22(27-21)18-6-5-7-20(16-18)26-14-3-4-15-26/h1-16H. The van der Waals surface area contributed by atoms with E-state index in [4.69, 9.17) is 0 Å². The van der Waals surface area contributed by atoms with E-state index in [1.54, 1.807) is 11.3 Å². The van der Waals surface area contributed by atoms with Gasteiger partial charge in [-0.05, 0) is 60.7 Å². The Bertz CT molecular complexity index is 1150. The zero-order valence-electron chi connectivity index (χ0n) is 14.4. The van der Waals surface area contributed by atoms with Crippen molar-refractivity contribution in [1.29, 1.82) is 0 Å². The second-order valence-corrected chi connectivity index (χ2v) is 7.17. The highest BCUT2D eigenvalue weighted by molar-refractivity contribution is 7.17. The van der Waals surface area contributed by atoms with Crippen LogP contribution in [-0.4, -0.2) is 19.3 Å². The molecule has 0 amide bonds. The van der Waals surface area contributed by atoms with Gasteiger partial charge in [-0.2, -0.15) is 0 Å². The Kier molecular flexibility index (Phi) is 3.92. The molecule has 4 nitrogen and oxygen atoms in total. The first-order valence-electron chi connectivity index (χ1n) is 8.68. The molecule has 0 fully saturated rings. The number of nitrogens with zero attached hydrogens (tertiary/aromatic N) is 4. The van der Waals surface area contributed by atoms with Crippen molar-refractivity contribution in [3.05, 3.63) is 97.6 Å². The van der Waals surface area contributed by atoms with Crippen molar-refractivity contribution in [2.24, 2.45) is 0 Å². The Labute approximate surface area is 161 Å². The molecule has 3 heterocycles. The van der Waals surface area contributed by atoms with Crippen molar-refractivity contribution < 1.29 is 0 Å². The summed E-state index contributed by atoms with van der Waals surface area (Å²) in [6.07, 6.45) is 8.15. The molecule has 5 heteroatoms. The lowest BCUT2D eigenvalue weighted by atomic mass is 10.2. The van der Waals surface area contributed by atoms with Crippen LogP contribution in [0.15, 0.2) is 97.6 Å². The van der Waals surface area contributed by atoms with Gasteiger partial charge in [0.25, 0.3) is 0 Å². The molecule has 27 heavy (non-hydrogen) atoms. The lowest BCUT2D eigenvalue weighted by Gasteiger charge is -2.04. The topological polar surface area (TPSA) is 35.6 Å². The van der Waals surface area contributed by atoms with E-state index in [-0.39, 0.29) is 0 Å². The van der Waals surface area contributed by atoms with E-state index in [2.05, 4.69) is 67.9 Å². The van der Waals surface area contributed by atoms with E-state index in [1.807, 2.05) is 49.1 Å². The van der Waals surface area contributed by atoms with Gasteiger partial charge < -0.3 is 9.13 Å². The molecule has 0 radical (unpaired) electrons. The van der Waals surface area contributed by atoms with E-state index in [1.165, 1.54) is 0 Å². The molecule has 2 aromatic carbocycles. The maximum Gasteiger partial charge on any atom is 0.148 e. The lowest BCUT2D eigenvalue weighted by molar-refractivity contribution is 1.07. The highest BCUT2D eigenvalue weighted by atomic mass is 32.1. The predicted octanol–water partition coefficient (Wildman–Crippen LogP) is 5.45. The fourth-order valence-electron chi connectivity index (χ4n) is 3.05. The van der Waals surface area contributed by atoms with Crippen molar-refractivity contribution in [3.8, 4) is 32.5 Å². The van der Waals surface area contributed by atoms with Gasteiger partial charge in [0.05, 0.1) is 0 Å². The van der Waals surface area contributed by atoms with Crippen LogP contribution >= 0.6 is 11.3 Å². The Hall–Kier alpha value is -3.44. The molecule has 5 aromatic rings. The summed E-state index contributed by atoms with van der Waals surface area (Å²) in [7, 11) is 0. The molecule has 0 aliphatic heterocycles. The monoisotopic (exact) mass is 368 g/mol. The molecule has 0 aliphatic rings. The summed E-state index contributed by atoms with van der Waals surface area (Å²) in [5.41, 5.74) is 4.41. The highest BCUT2D eigenvalue weighted by Crippen LogP contribution is 2.31. The Morgan fingerprint density at radius 2 is 1.15 bits per heavy atom. The van der Waals surface area contributed by atoms with E-state index in [9.17, 15) is 0 Å². The van der Waals surface area contributed by atoms with Crippen LogP contribution < -0.4 is 0 Å². The van der Waals surface area contributed by atoms with Crippen LogP contribution in [0.2, 0.25) is 0 Å². The van der Waals surface area contributed by atoms with Crippen LogP contribution in [0.1, 0.15) is 0 Å². The average Bonchev–Trinajstić information content (AvgIpc) is 3.51. The molecule has 0 bridgehead atoms. The second-order valence-electron chi connectivity index (χ2n) is 6.19. The second kappa shape index (κ2) is 6.70. The van der Waals surface area contributed by atoms with Gasteiger partial charge in [-0.1, -0.05) is 23.5 Å². The van der Waals surface area contributed by atoms with Crippen LogP contribution in [0.25, 0.3) is 32.5 Å². The van der Waals surface area contributed by atoms with E-state index in [0.717, 1.165) is 32.5 Å². The third kappa shape index (κ3) is 3.09. The first-order chi connectivity index (χ1) is 13.4. The fraction of sp³-hybridized carbons (Fsp3) is 0. The normalized spacial score (nSPS) is 11.0. The molecule has 0 aliphatic carbocycles. The third-order valence-electron chi connectivity index (χ3n) is 4.44. The van der Waals surface area contributed by atoms with Gasteiger partial charge in [0.2, 0.25) is 0 Å². The molecule has 0 unspecified atom stereocenters.